The van der Waals surface area contributed by atoms with Crippen molar-refractivity contribution in [2.24, 2.45) is 11.5 Å². The summed E-state index contributed by atoms with van der Waals surface area (Å²) in [5.41, 5.74) is 11.2. The molecule has 0 spiro atoms. The van der Waals surface area contributed by atoms with E-state index in [4.69, 9.17) is 11.5 Å². The molecule has 0 radical (unpaired) electrons. The van der Waals surface area contributed by atoms with Crippen LogP contribution in [-0.4, -0.2) is 23.6 Å². The summed E-state index contributed by atoms with van der Waals surface area (Å²) >= 11 is 0. The smallest absolute Gasteiger partial charge is 0.266 e. The first-order valence-corrected chi connectivity index (χ1v) is 6.62. The zero-order chi connectivity index (χ0) is 16.7. The lowest BCUT2D eigenvalue weighted by Crippen LogP contribution is -2.29. The van der Waals surface area contributed by atoms with Gasteiger partial charge >= 0.3 is 0 Å². The zero-order valence-corrected chi connectivity index (χ0v) is 11.8. The largest absolute Gasteiger partial charge is 0.366 e. The molecule has 0 bridgehead atoms. The normalized spacial score (nSPS) is 13.1. The van der Waals surface area contributed by atoms with Gasteiger partial charge in [0.2, 0.25) is 11.8 Å². The molecule has 114 valence electrons. The van der Waals surface area contributed by atoms with E-state index in [0.29, 0.717) is 0 Å². The molecule has 0 aliphatic carbocycles. The van der Waals surface area contributed by atoms with Gasteiger partial charge in [0.25, 0.3) is 11.8 Å². The number of hydrogen-bond acceptors (Lipinski definition) is 4. The Labute approximate surface area is 130 Å². The van der Waals surface area contributed by atoms with Crippen LogP contribution in [-0.2, 0) is 0 Å². The van der Waals surface area contributed by atoms with E-state index in [1.54, 1.807) is 0 Å². The Kier molecular flexibility index (Phi) is 3.18. The standard InChI is InChI=1S/C16H11N3O4/c17-13(20)8-2-1-3-10(6-8)19-15(22)11-5-4-9(14(18)21)7-12(11)16(19)23/h1-7H,(H2,17,20)(H2,18,21). The van der Waals surface area contributed by atoms with Crippen molar-refractivity contribution in [1.82, 2.24) is 0 Å². The van der Waals surface area contributed by atoms with Gasteiger partial charge in [-0.3, -0.25) is 19.2 Å². The van der Waals surface area contributed by atoms with Crippen LogP contribution in [0.15, 0.2) is 42.5 Å². The molecule has 0 unspecified atom stereocenters. The molecule has 7 heteroatoms. The number of imide groups is 1. The monoisotopic (exact) mass is 309 g/mol. The van der Waals surface area contributed by atoms with Gasteiger partial charge in [-0.25, -0.2) is 4.90 Å². The second kappa shape index (κ2) is 5.06. The summed E-state index contributed by atoms with van der Waals surface area (Å²) in [5, 5.41) is 0. The number of rotatable bonds is 3. The third-order valence-electron chi connectivity index (χ3n) is 3.56. The van der Waals surface area contributed by atoms with Gasteiger partial charge in [-0.05, 0) is 36.4 Å². The highest BCUT2D eigenvalue weighted by Gasteiger charge is 2.37. The molecule has 4 N–H and O–H groups in total. The highest BCUT2D eigenvalue weighted by molar-refractivity contribution is 6.34. The van der Waals surface area contributed by atoms with E-state index in [0.717, 1.165) is 4.90 Å². The molecule has 1 aliphatic heterocycles. The predicted octanol–water partition coefficient (Wildman–Crippen LogP) is 0.685. The number of fused-ring (bicyclic) bond motifs is 1. The lowest BCUT2D eigenvalue weighted by Gasteiger charge is -2.14. The molecule has 4 amide bonds. The summed E-state index contributed by atoms with van der Waals surface area (Å²) in [6.07, 6.45) is 0. The van der Waals surface area contributed by atoms with Gasteiger partial charge in [0.05, 0.1) is 16.8 Å². The number of carbonyl (C=O) groups excluding carboxylic acids is 4. The van der Waals surface area contributed by atoms with E-state index in [1.807, 2.05) is 0 Å². The fraction of sp³-hybridized carbons (Fsp3) is 0. The number of amides is 4. The minimum Gasteiger partial charge on any atom is -0.366 e. The minimum atomic E-state index is -0.692. The van der Waals surface area contributed by atoms with Gasteiger partial charge in [-0.2, -0.15) is 0 Å². The molecular weight excluding hydrogens is 298 g/mol. The van der Waals surface area contributed by atoms with Crippen molar-refractivity contribution in [1.29, 1.82) is 0 Å². The van der Waals surface area contributed by atoms with Gasteiger partial charge in [0.1, 0.15) is 0 Å². The summed E-state index contributed by atoms with van der Waals surface area (Å²) < 4.78 is 0. The molecule has 0 saturated heterocycles. The summed E-state index contributed by atoms with van der Waals surface area (Å²) in [4.78, 5) is 48.3. The summed E-state index contributed by atoms with van der Waals surface area (Å²) in [5.74, 6) is -2.49. The third kappa shape index (κ3) is 2.24. The minimum absolute atomic E-state index is 0.0933. The molecular formula is C16H11N3O4. The van der Waals surface area contributed by atoms with E-state index in [-0.39, 0.29) is 27.9 Å². The maximum Gasteiger partial charge on any atom is 0.266 e. The first kappa shape index (κ1) is 14.5. The van der Waals surface area contributed by atoms with Crippen LogP contribution < -0.4 is 16.4 Å². The van der Waals surface area contributed by atoms with E-state index < -0.39 is 23.6 Å². The molecule has 0 atom stereocenters. The molecule has 0 aromatic heterocycles. The highest BCUT2D eigenvalue weighted by Crippen LogP contribution is 2.29. The van der Waals surface area contributed by atoms with Crippen molar-refractivity contribution >= 4 is 29.3 Å². The van der Waals surface area contributed by atoms with Crippen LogP contribution in [0.4, 0.5) is 5.69 Å². The number of carbonyl (C=O) groups is 4. The average molecular weight is 309 g/mol. The van der Waals surface area contributed by atoms with Crippen LogP contribution >= 0.6 is 0 Å². The Balaban J connectivity index is 2.08. The fourth-order valence-corrected chi connectivity index (χ4v) is 2.43. The second-order valence-electron chi connectivity index (χ2n) is 4.98. The molecule has 0 saturated carbocycles. The predicted molar refractivity (Wildman–Crippen MR) is 81.1 cm³/mol. The number of primary amides is 2. The van der Waals surface area contributed by atoms with Crippen molar-refractivity contribution in [3.05, 3.63) is 64.7 Å². The Morgan fingerprint density at radius 2 is 1.39 bits per heavy atom. The Hall–Kier alpha value is -3.48. The van der Waals surface area contributed by atoms with E-state index in [9.17, 15) is 19.2 Å². The van der Waals surface area contributed by atoms with Crippen molar-refractivity contribution < 1.29 is 19.2 Å². The van der Waals surface area contributed by atoms with Crippen LogP contribution in [0.2, 0.25) is 0 Å². The topological polar surface area (TPSA) is 124 Å². The number of hydrogen-bond donors (Lipinski definition) is 2. The summed E-state index contributed by atoms with van der Waals surface area (Å²) in [6, 6.07) is 9.93. The zero-order valence-electron chi connectivity index (χ0n) is 11.8. The number of nitrogens with zero attached hydrogens (tertiary/aromatic N) is 1. The first-order valence-electron chi connectivity index (χ1n) is 6.62. The SMILES string of the molecule is NC(=O)c1cccc(N2C(=O)c3ccc(C(N)=O)cc3C2=O)c1. The Bertz CT molecular complexity index is 889. The molecule has 2 aromatic carbocycles. The number of anilines is 1. The van der Waals surface area contributed by atoms with Crippen LogP contribution in [0.1, 0.15) is 41.4 Å². The lowest BCUT2D eigenvalue weighted by molar-refractivity contribution is 0.0922. The molecule has 2 aromatic rings. The highest BCUT2D eigenvalue weighted by atomic mass is 16.2. The molecule has 1 aliphatic rings. The van der Waals surface area contributed by atoms with Gasteiger partial charge in [0, 0.05) is 11.1 Å². The Morgan fingerprint density at radius 3 is 2.04 bits per heavy atom. The Morgan fingerprint density at radius 1 is 0.783 bits per heavy atom. The van der Waals surface area contributed by atoms with Gasteiger partial charge in [-0.15, -0.1) is 0 Å². The van der Waals surface area contributed by atoms with Gasteiger partial charge in [0.15, 0.2) is 0 Å². The molecule has 1 heterocycles. The third-order valence-corrected chi connectivity index (χ3v) is 3.56. The quantitative estimate of drug-likeness (QED) is 0.809. The van der Waals surface area contributed by atoms with Gasteiger partial charge < -0.3 is 11.5 Å². The van der Waals surface area contributed by atoms with E-state index in [1.165, 1.54) is 42.5 Å². The van der Waals surface area contributed by atoms with E-state index >= 15 is 0 Å². The fourth-order valence-electron chi connectivity index (χ4n) is 2.43. The molecule has 23 heavy (non-hydrogen) atoms. The van der Waals surface area contributed by atoms with Crippen molar-refractivity contribution in [3.8, 4) is 0 Å². The number of nitrogens with two attached hydrogens (primary N) is 2. The van der Waals surface area contributed by atoms with Crippen molar-refractivity contribution in [3.63, 3.8) is 0 Å². The first-order chi connectivity index (χ1) is 10.9. The summed E-state index contributed by atoms with van der Waals surface area (Å²) in [6.45, 7) is 0. The summed E-state index contributed by atoms with van der Waals surface area (Å²) in [7, 11) is 0. The molecule has 3 rings (SSSR count). The van der Waals surface area contributed by atoms with Crippen LogP contribution in [0, 0.1) is 0 Å². The average Bonchev–Trinajstić information content (AvgIpc) is 2.78. The van der Waals surface area contributed by atoms with Gasteiger partial charge in [-0.1, -0.05) is 6.07 Å². The van der Waals surface area contributed by atoms with Crippen LogP contribution in [0.25, 0.3) is 0 Å². The van der Waals surface area contributed by atoms with E-state index in [2.05, 4.69) is 0 Å². The van der Waals surface area contributed by atoms with Crippen LogP contribution in [0.3, 0.4) is 0 Å². The maximum atomic E-state index is 12.5. The van der Waals surface area contributed by atoms with Crippen molar-refractivity contribution in [2.45, 2.75) is 0 Å². The molecule has 0 fully saturated rings. The molecule has 7 nitrogen and oxygen atoms in total. The number of benzene rings is 2. The van der Waals surface area contributed by atoms with Crippen LogP contribution in [0.5, 0.6) is 0 Å². The lowest BCUT2D eigenvalue weighted by atomic mass is 10.1. The van der Waals surface area contributed by atoms with Crippen molar-refractivity contribution in [2.75, 3.05) is 4.90 Å². The second-order valence-corrected chi connectivity index (χ2v) is 4.98. The maximum absolute atomic E-state index is 12.5.